The molecule has 0 aliphatic carbocycles. The molecule has 11 heavy (non-hydrogen) atoms. The molecule has 0 radical (unpaired) electrons. The molecule has 64 valence electrons. The molecule has 0 heterocycles. The van der Waals surface area contributed by atoms with E-state index in [0.29, 0.717) is 6.42 Å². The maximum atomic E-state index is 10.6. The van der Waals surface area contributed by atoms with E-state index < -0.39 is 12.6 Å². The number of aliphatic hydroxyl groups excluding tert-OH is 1. The molecule has 1 N–H and O–H groups in total. The number of rotatable bonds is 5. The van der Waals surface area contributed by atoms with Gasteiger partial charge in [0.05, 0.1) is 6.61 Å². The Morgan fingerprint density at radius 3 is 2.55 bits per heavy atom. The van der Waals surface area contributed by atoms with Crippen LogP contribution in [0.1, 0.15) is 19.8 Å². The highest BCUT2D eigenvalue weighted by molar-refractivity contribution is 5.78. The van der Waals surface area contributed by atoms with Crippen molar-refractivity contribution in [1.82, 2.24) is 0 Å². The Labute approximate surface area is 65.2 Å². The molecule has 0 aromatic rings. The van der Waals surface area contributed by atoms with Gasteiger partial charge in [-0.2, -0.15) is 0 Å². The fourth-order valence-electron chi connectivity index (χ4n) is 0.501. The molecule has 0 aromatic carbocycles. The molecular formula is C7H12O4. The van der Waals surface area contributed by atoms with Crippen LogP contribution in [0.5, 0.6) is 0 Å². The monoisotopic (exact) mass is 160 g/mol. The molecule has 0 amide bonds. The van der Waals surface area contributed by atoms with Gasteiger partial charge < -0.3 is 9.84 Å². The van der Waals surface area contributed by atoms with Crippen LogP contribution in [-0.2, 0) is 14.3 Å². The largest absolute Gasteiger partial charge is 0.464 e. The van der Waals surface area contributed by atoms with Crippen molar-refractivity contribution < 1.29 is 19.4 Å². The Balaban J connectivity index is 3.27. The van der Waals surface area contributed by atoms with Gasteiger partial charge in [0, 0.05) is 12.8 Å². The van der Waals surface area contributed by atoms with E-state index in [0.717, 1.165) is 0 Å². The topological polar surface area (TPSA) is 63.6 Å². The number of ether oxygens (including phenoxy) is 1. The number of esters is 1. The van der Waals surface area contributed by atoms with Crippen LogP contribution in [0.3, 0.4) is 0 Å². The van der Waals surface area contributed by atoms with Gasteiger partial charge >= 0.3 is 5.97 Å². The second-order valence-electron chi connectivity index (χ2n) is 2.02. The van der Waals surface area contributed by atoms with E-state index in [-0.39, 0.29) is 18.8 Å². The summed E-state index contributed by atoms with van der Waals surface area (Å²) in [7, 11) is 0. The van der Waals surface area contributed by atoms with E-state index in [4.69, 9.17) is 5.11 Å². The first-order valence-electron chi connectivity index (χ1n) is 3.49. The summed E-state index contributed by atoms with van der Waals surface area (Å²) in [6.45, 7) is 1.20. The van der Waals surface area contributed by atoms with Gasteiger partial charge in [-0.1, -0.05) is 6.92 Å². The molecule has 0 fully saturated rings. The third kappa shape index (κ3) is 5.54. The lowest BCUT2D eigenvalue weighted by atomic mass is 10.2. The summed E-state index contributed by atoms with van der Waals surface area (Å²) in [5.74, 6) is -0.635. The molecule has 0 saturated heterocycles. The number of Topliss-reactive ketones (excluding diaryl/α,β-unsaturated/α-hetero) is 1. The quantitative estimate of drug-likeness (QED) is 0.570. The SMILES string of the molecule is CCC(=O)CCOC(=O)CO. The summed E-state index contributed by atoms with van der Waals surface area (Å²) >= 11 is 0. The predicted molar refractivity (Wildman–Crippen MR) is 38.0 cm³/mol. The summed E-state index contributed by atoms with van der Waals surface area (Å²) in [6.07, 6.45) is 0.693. The van der Waals surface area contributed by atoms with Gasteiger partial charge in [0.2, 0.25) is 0 Å². The first-order valence-corrected chi connectivity index (χ1v) is 3.49. The fraction of sp³-hybridized carbons (Fsp3) is 0.714. The van der Waals surface area contributed by atoms with Gasteiger partial charge in [0.25, 0.3) is 0 Å². The number of ketones is 1. The average molecular weight is 160 g/mol. The van der Waals surface area contributed by atoms with Gasteiger partial charge in [0.1, 0.15) is 12.4 Å². The van der Waals surface area contributed by atoms with E-state index in [9.17, 15) is 9.59 Å². The van der Waals surface area contributed by atoms with E-state index in [1.165, 1.54) is 0 Å². The van der Waals surface area contributed by atoms with Gasteiger partial charge in [-0.05, 0) is 0 Å². The number of hydrogen-bond donors (Lipinski definition) is 1. The molecule has 4 nitrogen and oxygen atoms in total. The first kappa shape index (κ1) is 10.1. The molecule has 0 spiro atoms. The van der Waals surface area contributed by atoms with Crippen LogP contribution < -0.4 is 0 Å². The highest BCUT2D eigenvalue weighted by atomic mass is 16.5. The fourth-order valence-corrected chi connectivity index (χ4v) is 0.501. The van der Waals surface area contributed by atoms with Gasteiger partial charge in [-0.15, -0.1) is 0 Å². The molecular weight excluding hydrogens is 148 g/mol. The maximum absolute atomic E-state index is 10.6. The van der Waals surface area contributed by atoms with Crippen molar-refractivity contribution >= 4 is 11.8 Å². The minimum Gasteiger partial charge on any atom is -0.464 e. The molecule has 0 rings (SSSR count). The Kier molecular flexibility index (Phi) is 5.37. The zero-order valence-corrected chi connectivity index (χ0v) is 6.50. The van der Waals surface area contributed by atoms with Crippen LogP contribution in [0.15, 0.2) is 0 Å². The molecule has 0 aliphatic heterocycles. The van der Waals surface area contributed by atoms with Crippen LogP contribution in [0, 0.1) is 0 Å². The Morgan fingerprint density at radius 2 is 2.09 bits per heavy atom. The summed E-state index contributed by atoms with van der Waals surface area (Å²) in [5.41, 5.74) is 0. The van der Waals surface area contributed by atoms with Crippen LogP contribution in [0.2, 0.25) is 0 Å². The van der Waals surface area contributed by atoms with Crippen molar-refractivity contribution in [3.8, 4) is 0 Å². The Bertz CT molecular complexity index is 125. The van der Waals surface area contributed by atoms with Crippen LogP contribution in [-0.4, -0.2) is 30.1 Å². The molecule has 0 aromatic heterocycles. The second kappa shape index (κ2) is 5.85. The van der Waals surface area contributed by atoms with E-state index in [1.54, 1.807) is 6.92 Å². The van der Waals surface area contributed by atoms with E-state index in [2.05, 4.69) is 4.74 Å². The molecule has 0 saturated carbocycles. The van der Waals surface area contributed by atoms with Crippen molar-refractivity contribution in [2.24, 2.45) is 0 Å². The summed E-state index contributed by atoms with van der Waals surface area (Å²) in [6, 6.07) is 0. The second-order valence-corrected chi connectivity index (χ2v) is 2.02. The third-order valence-corrected chi connectivity index (χ3v) is 1.17. The summed E-state index contributed by atoms with van der Waals surface area (Å²) in [5, 5.41) is 8.20. The molecule has 0 atom stereocenters. The van der Waals surface area contributed by atoms with Crippen molar-refractivity contribution in [2.45, 2.75) is 19.8 Å². The highest BCUT2D eigenvalue weighted by Crippen LogP contribution is 1.89. The lowest BCUT2D eigenvalue weighted by molar-refractivity contribution is -0.147. The molecule has 0 unspecified atom stereocenters. The lowest BCUT2D eigenvalue weighted by Crippen LogP contribution is -2.12. The summed E-state index contributed by atoms with van der Waals surface area (Å²) in [4.78, 5) is 20.9. The van der Waals surface area contributed by atoms with Crippen LogP contribution in [0.25, 0.3) is 0 Å². The van der Waals surface area contributed by atoms with E-state index in [1.807, 2.05) is 0 Å². The number of carbonyl (C=O) groups excluding carboxylic acids is 2. The number of carbonyl (C=O) groups is 2. The minimum absolute atomic E-state index is 0.0516. The van der Waals surface area contributed by atoms with Gasteiger partial charge in [-0.3, -0.25) is 4.79 Å². The number of aliphatic hydroxyl groups is 1. The number of hydrogen-bond acceptors (Lipinski definition) is 4. The minimum atomic E-state index is -0.686. The van der Waals surface area contributed by atoms with E-state index >= 15 is 0 Å². The molecule has 0 aliphatic rings. The maximum Gasteiger partial charge on any atom is 0.331 e. The zero-order valence-electron chi connectivity index (χ0n) is 6.50. The zero-order chi connectivity index (χ0) is 8.69. The third-order valence-electron chi connectivity index (χ3n) is 1.17. The Hall–Kier alpha value is -0.900. The normalized spacial score (nSPS) is 9.27. The van der Waals surface area contributed by atoms with Crippen molar-refractivity contribution in [1.29, 1.82) is 0 Å². The first-order chi connectivity index (χ1) is 5.20. The Morgan fingerprint density at radius 1 is 1.45 bits per heavy atom. The highest BCUT2D eigenvalue weighted by Gasteiger charge is 2.01. The van der Waals surface area contributed by atoms with Crippen molar-refractivity contribution in [3.63, 3.8) is 0 Å². The smallest absolute Gasteiger partial charge is 0.331 e. The summed E-state index contributed by atoms with van der Waals surface area (Å²) < 4.78 is 4.45. The molecule has 0 bridgehead atoms. The van der Waals surface area contributed by atoms with Crippen LogP contribution >= 0.6 is 0 Å². The van der Waals surface area contributed by atoms with Gasteiger partial charge in [-0.25, -0.2) is 4.79 Å². The standard InChI is InChI=1S/C7H12O4/c1-2-6(9)3-4-11-7(10)5-8/h8H,2-5H2,1H3. The molecule has 4 heteroatoms. The van der Waals surface area contributed by atoms with Crippen molar-refractivity contribution in [2.75, 3.05) is 13.2 Å². The van der Waals surface area contributed by atoms with Crippen LogP contribution in [0.4, 0.5) is 0 Å². The lowest BCUT2D eigenvalue weighted by Gasteiger charge is -1.99. The van der Waals surface area contributed by atoms with Gasteiger partial charge in [0.15, 0.2) is 0 Å². The average Bonchev–Trinajstić information content (AvgIpc) is 2.04. The predicted octanol–water partition coefficient (Wildman–Crippen LogP) is -0.109. The van der Waals surface area contributed by atoms with Crippen molar-refractivity contribution in [3.05, 3.63) is 0 Å².